The third-order valence-corrected chi connectivity index (χ3v) is 2.47. The first-order valence-electron chi connectivity index (χ1n) is 4.20. The van der Waals surface area contributed by atoms with Crippen LogP contribution in [0.4, 0.5) is 4.79 Å². The maximum Gasteiger partial charge on any atom is 0.433 e. The van der Waals surface area contributed by atoms with Crippen molar-refractivity contribution < 1.29 is 9.63 Å². The molecule has 0 atom stereocenters. The Morgan fingerprint density at radius 1 is 1.62 bits per heavy atom. The van der Waals surface area contributed by atoms with E-state index in [9.17, 15) is 4.79 Å². The normalized spacial score (nSPS) is 11.2. The van der Waals surface area contributed by atoms with E-state index in [2.05, 4.69) is 22.2 Å². The van der Waals surface area contributed by atoms with Crippen molar-refractivity contribution in [2.75, 3.05) is 18.6 Å². The van der Waals surface area contributed by atoms with Crippen LogP contribution in [0.1, 0.15) is 20.3 Å². The predicted molar refractivity (Wildman–Crippen MR) is 56.3 cm³/mol. The van der Waals surface area contributed by atoms with Gasteiger partial charge >= 0.3 is 6.09 Å². The van der Waals surface area contributed by atoms with Gasteiger partial charge in [-0.1, -0.05) is 12.1 Å². The van der Waals surface area contributed by atoms with Gasteiger partial charge in [-0.3, -0.25) is 4.84 Å². The van der Waals surface area contributed by atoms with Crippen LogP contribution in [0.2, 0.25) is 0 Å². The number of carbonyl (C=O) groups is 1. The largest absolute Gasteiger partial charge is 0.433 e. The van der Waals surface area contributed by atoms with Crippen molar-refractivity contribution in [3.63, 3.8) is 0 Å². The highest BCUT2D eigenvalue weighted by Gasteiger charge is 1.97. The molecule has 4 nitrogen and oxygen atoms in total. The summed E-state index contributed by atoms with van der Waals surface area (Å²) in [6, 6.07) is 0. The molecule has 0 unspecified atom stereocenters. The van der Waals surface area contributed by atoms with Crippen LogP contribution >= 0.6 is 11.8 Å². The van der Waals surface area contributed by atoms with E-state index in [1.807, 2.05) is 6.92 Å². The molecule has 0 radical (unpaired) electrons. The van der Waals surface area contributed by atoms with E-state index in [1.54, 1.807) is 11.8 Å². The quantitative estimate of drug-likeness (QED) is 0.322. The zero-order valence-corrected chi connectivity index (χ0v) is 9.11. The highest BCUT2D eigenvalue weighted by Crippen LogP contribution is 2.02. The lowest BCUT2D eigenvalue weighted by Gasteiger charge is -1.99. The molecule has 0 aliphatic rings. The minimum absolute atomic E-state index is 0.528. The zero-order chi connectivity index (χ0) is 10.1. The van der Waals surface area contributed by atoms with Gasteiger partial charge in [-0.25, -0.2) is 4.79 Å². The van der Waals surface area contributed by atoms with E-state index in [1.165, 1.54) is 7.05 Å². The van der Waals surface area contributed by atoms with Gasteiger partial charge in [0.05, 0.1) is 5.71 Å². The molecule has 0 saturated heterocycles. The van der Waals surface area contributed by atoms with Gasteiger partial charge in [-0.05, 0) is 19.1 Å². The van der Waals surface area contributed by atoms with E-state index < -0.39 is 6.09 Å². The number of oxime groups is 1. The second kappa shape index (κ2) is 7.91. The van der Waals surface area contributed by atoms with Crippen LogP contribution in [0.25, 0.3) is 0 Å². The SMILES string of the molecule is CCCSCC(C)=NOC(=O)NC. The number of nitrogens with zero attached hydrogens (tertiary/aromatic N) is 1. The molecule has 0 spiro atoms. The number of carbonyl (C=O) groups excluding carboxylic acids is 1. The van der Waals surface area contributed by atoms with Crippen LogP contribution in [-0.4, -0.2) is 30.4 Å². The summed E-state index contributed by atoms with van der Waals surface area (Å²) in [7, 11) is 1.50. The first-order chi connectivity index (χ1) is 6.20. The molecule has 0 aromatic rings. The maximum absolute atomic E-state index is 10.6. The molecular formula is C8H16N2O2S. The second-order valence-corrected chi connectivity index (χ2v) is 3.61. The number of amides is 1. The van der Waals surface area contributed by atoms with Gasteiger partial charge in [-0.15, -0.1) is 0 Å². The molecule has 0 aromatic heterocycles. The number of nitrogens with one attached hydrogen (secondary N) is 1. The summed E-state index contributed by atoms with van der Waals surface area (Å²) in [6.07, 6.45) is 0.619. The average molecular weight is 204 g/mol. The van der Waals surface area contributed by atoms with Gasteiger partial charge in [-0.2, -0.15) is 11.8 Å². The molecule has 0 fully saturated rings. The van der Waals surface area contributed by atoms with Crippen molar-refractivity contribution in [3.05, 3.63) is 0 Å². The molecule has 0 aromatic carbocycles. The van der Waals surface area contributed by atoms with Crippen LogP contribution in [0.3, 0.4) is 0 Å². The highest BCUT2D eigenvalue weighted by atomic mass is 32.2. The monoisotopic (exact) mass is 204 g/mol. The fourth-order valence-electron chi connectivity index (χ4n) is 0.556. The lowest BCUT2D eigenvalue weighted by Crippen LogP contribution is -2.17. The van der Waals surface area contributed by atoms with Crippen LogP contribution in [0, 0.1) is 0 Å². The third-order valence-electron chi connectivity index (χ3n) is 1.15. The van der Waals surface area contributed by atoms with Crippen molar-refractivity contribution in [3.8, 4) is 0 Å². The third kappa shape index (κ3) is 7.64. The first kappa shape index (κ1) is 12.3. The lowest BCUT2D eigenvalue weighted by molar-refractivity contribution is 0.153. The molecule has 0 aliphatic carbocycles. The summed E-state index contributed by atoms with van der Waals surface area (Å²) in [5, 5.41) is 5.96. The molecule has 0 heterocycles. The van der Waals surface area contributed by atoms with E-state index in [-0.39, 0.29) is 0 Å². The van der Waals surface area contributed by atoms with Crippen molar-refractivity contribution in [1.29, 1.82) is 0 Å². The Kier molecular flexibility index (Phi) is 7.48. The fourth-order valence-corrected chi connectivity index (χ4v) is 1.34. The van der Waals surface area contributed by atoms with Gasteiger partial charge in [0.25, 0.3) is 0 Å². The minimum atomic E-state index is -0.528. The van der Waals surface area contributed by atoms with E-state index in [4.69, 9.17) is 0 Å². The van der Waals surface area contributed by atoms with Gasteiger partial charge in [0.15, 0.2) is 0 Å². The maximum atomic E-state index is 10.6. The Labute approximate surface area is 83.1 Å². The van der Waals surface area contributed by atoms with Crippen LogP contribution < -0.4 is 5.32 Å². The molecule has 13 heavy (non-hydrogen) atoms. The first-order valence-corrected chi connectivity index (χ1v) is 5.36. The van der Waals surface area contributed by atoms with Crippen molar-refractivity contribution in [1.82, 2.24) is 5.32 Å². The van der Waals surface area contributed by atoms with E-state index in [0.717, 1.165) is 23.6 Å². The lowest BCUT2D eigenvalue weighted by atomic mass is 10.5. The summed E-state index contributed by atoms with van der Waals surface area (Å²) in [6.45, 7) is 3.96. The molecule has 0 saturated carbocycles. The Morgan fingerprint density at radius 3 is 2.85 bits per heavy atom. The second-order valence-electron chi connectivity index (χ2n) is 2.51. The van der Waals surface area contributed by atoms with Crippen LogP contribution in [-0.2, 0) is 4.84 Å². The molecular weight excluding hydrogens is 188 g/mol. The number of rotatable bonds is 5. The van der Waals surface area contributed by atoms with Crippen LogP contribution in [0.5, 0.6) is 0 Å². The summed E-state index contributed by atoms with van der Waals surface area (Å²) in [5.41, 5.74) is 0.821. The molecule has 0 aliphatic heterocycles. The van der Waals surface area contributed by atoms with Gasteiger partial charge in [0.2, 0.25) is 0 Å². The van der Waals surface area contributed by atoms with Crippen molar-refractivity contribution in [2.24, 2.45) is 5.16 Å². The minimum Gasteiger partial charge on any atom is -0.323 e. The van der Waals surface area contributed by atoms with Crippen LogP contribution in [0.15, 0.2) is 5.16 Å². The summed E-state index contributed by atoms with van der Waals surface area (Å²) in [4.78, 5) is 15.1. The van der Waals surface area contributed by atoms with Crippen molar-refractivity contribution >= 4 is 23.6 Å². The zero-order valence-electron chi connectivity index (χ0n) is 8.29. The van der Waals surface area contributed by atoms with Gasteiger partial charge in [0.1, 0.15) is 0 Å². The highest BCUT2D eigenvalue weighted by molar-refractivity contribution is 7.99. The molecule has 0 rings (SSSR count). The van der Waals surface area contributed by atoms with Crippen molar-refractivity contribution in [2.45, 2.75) is 20.3 Å². The van der Waals surface area contributed by atoms with E-state index in [0.29, 0.717) is 0 Å². The Bertz CT molecular complexity index is 183. The summed E-state index contributed by atoms with van der Waals surface area (Å²) >= 11 is 1.78. The van der Waals surface area contributed by atoms with Gasteiger partial charge < -0.3 is 5.32 Å². The fraction of sp³-hybridized carbons (Fsp3) is 0.750. The standard InChI is InChI=1S/C8H16N2O2S/c1-4-5-13-6-7(2)10-12-8(11)9-3/h4-6H2,1-3H3,(H,9,11). The number of thioether (sulfide) groups is 1. The smallest absolute Gasteiger partial charge is 0.323 e. The molecule has 1 N–H and O–H groups in total. The Balaban J connectivity index is 3.56. The topological polar surface area (TPSA) is 50.7 Å². The molecule has 76 valence electrons. The molecule has 0 bridgehead atoms. The predicted octanol–water partition coefficient (Wildman–Crippen LogP) is 1.86. The van der Waals surface area contributed by atoms with Gasteiger partial charge in [0, 0.05) is 12.8 Å². The molecule has 1 amide bonds. The Morgan fingerprint density at radius 2 is 2.31 bits per heavy atom. The number of hydrogen-bond acceptors (Lipinski definition) is 4. The summed E-state index contributed by atoms with van der Waals surface area (Å²) in [5.74, 6) is 1.91. The molecule has 5 heteroatoms. The Hall–Kier alpha value is -0.710. The average Bonchev–Trinajstić information content (AvgIpc) is 2.14. The summed E-state index contributed by atoms with van der Waals surface area (Å²) < 4.78 is 0. The van der Waals surface area contributed by atoms with E-state index >= 15 is 0 Å². The number of hydrogen-bond donors (Lipinski definition) is 1.